The molecule has 0 aliphatic heterocycles. The normalized spacial score (nSPS) is 11.1. The molecule has 6 nitrogen and oxygen atoms in total. The van der Waals surface area contributed by atoms with Crippen LogP contribution in [-0.4, -0.2) is 15.7 Å². The quantitative estimate of drug-likeness (QED) is 0.512. The molecule has 4 rings (SSSR count). The number of furan rings is 1. The summed E-state index contributed by atoms with van der Waals surface area (Å²) in [5.41, 5.74) is 0. The van der Waals surface area contributed by atoms with Gasteiger partial charge < -0.3 is 14.5 Å². The Morgan fingerprint density at radius 1 is 1.11 bits per heavy atom. The number of amides is 1. The molecular weight excluding hydrogens is 354 g/mol. The van der Waals surface area contributed by atoms with Gasteiger partial charge in [-0.25, -0.2) is 4.68 Å². The molecule has 4 aromatic rings. The lowest BCUT2D eigenvalue weighted by Crippen LogP contribution is -2.16. The molecule has 1 amide bonds. The van der Waals surface area contributed by atoms with Gasteiger partial charge in [0.05, 0.1) is 6.20 Å². The van der Waals surface area contributed by atoms with Crippen molar-refractivity contribution in [3.8, 4) is 5.75 Å². The van der Waals surface area contributed by atoms with E-state index in [1.54, 1.807) is 29.1 Å². The molecule has 0 aliphatic carbocycles. The molecular formula is C22H21N3O3. The van der Waals surface area contributed by atoms with Crippen LogP contribution in [0.4, 0.5) is 5.82 Å². The number of ether oxygens (including phenoxy) is 1. The number of nitrogens with one attached hydrogen (secondary N) is 1. The summed E-state index contributed by atoms with van der Waals surface area (Å²) in [6, 6.07) is 19.3. The first-order chi connectivity index (χ1) is 13.6. The number of benzene rings is 2. The van der Waals surface area contributed by atoms with Crippen molar-refractivity contribution in [1.29, 1.82) is 0 Å². The monoisotopic (exact) mass is 375 g/mol. The predicted molar refractivity (Wildman–Crippen MR) is 108 cm³/mol. The van der Waals surface area contributed by atoms with Crippen molar-refractivity contribution in [3.63, 3.8) is 0 Å². The number of rotatable bonds is 6. The van der Waals surface area contributed by atoms with Crippen LogP contribution in [0.15, 0.2) is 71.3 Å². The molecule has 0 fully saturated rings. The van der Waals surface area contributed by atoms with E-state index in [1.807, 2.05) is 50.2 Å². The maximum absolute atomic E-state index is 12.4. The first-order valence-electron chi connectivity index (χ1n) is 9.15. The maximum Gasteiger partial charge on any atom is 0.292 e. The van der Waals surface area contributed by atoms with Gasteiger partial charge in [0.15, 0.2) is 5.76 Å². The standard InChI is InChI=1S/C22H21N3O3/c1-15(2)25-21(11-12-23-25)24-22(26)20-10-9-19(28-20)14-27-18-8-7-16-5-3-4-6-17(16)13-18/h3-13,15H,14H2,1-2H3,(H,24,26). The van der Waals surface area contributed by atoms with Crippen molar-refractivity contribution in [1.82, 2.24) is 9.78 Å². The van der Waals surface area contributed by atoms with Crippen molar-refractivity contribution < 1.29 is 13.9 Å². The van der Waals surface area contributed by atoms with Gasteiger partial charge in [-0.1, -0.05) is 30.3 Å². The number of hydrogen-bond donors (Lipinski definition) is 1. The van der Waals surface area contributed by atoms with E-state index in [2.05, 4.69) is 16.5 Å². The molecule has 2 aromatic heterocycles. The molecule has 2 aromatic carbocycles. The molecule has 0 spiro atoms. The van der Waals surface area contributed by atoms with Crippen LogP contribution in [0, 0.1) is 0 Å². The van der Waals surface area contributed by atoms with Crippen LogP contribution < -0.4 is 10.1 Å². The summed E-state index contributed by atoms with van der Waals surface area (Å²) >= 11 is 0. The molecule has 0 bridgehead atoms. The summed E-state index contributed by atoms with van der Waals surface area (Å²) in [6.45, 7) is 4.24. The highest BCUT2D eigenvalue weighted by Gasteiger charge is 2.15. The lowest BCUT2D eigenvalue weighted by Gasteiger charge is -2.10. The highest BCUT2D eigenvalue weighted by atomic mass is 16.5. The number of nitrogens with zero attached hydrogens (tertiary/aromatic N) is 2. The molecule has 1 N–H and O–H groups in total. The Labute approximate surface area is 162 Å². The molecule has 2 heterocycles. The van der Waals surface area contributed by atoms with Crippen molar-refractivity contribution in [2.24, 2.45) is 0 Å². The fourth-order valence-electron chi connectivity index (χ4n) is 2.99. The SMILES string of the molecule is CC(C)n1nccc1NC(=O)c1ccc(COc2ccc3ccccc3c2)o1. The Morgan fingerprint density at radius 2 is 1.93 bits per heavy atom. The molecule has 6 heteroatoms. The Kier molecular flexibility index (Phi) is 4.85. The zero-order valence-electron chi connectivity index (χ0n) is 15.8. The maximum atomic E-state index is 12.4. The number of hydrogen-bond acceptors (Lipinski definition) is 4. The summed E-state index contributed by atoms with van der Waals surface area (Å²) in [5.74, 6) is 1.87. The van der Waals surface area contributed by atoms with E-state index in [4.69, 9.17) is 9.15 Å². The van der Waals surface area contributed by atoms with Crippen LogP contribution >= 0.6 is 0 Å². The van der Waals surface area contributed by atoms with Gasteiger partial charge in [-0.15, -0.1) is 0 Å². The van der Waals surface area contributed by atoms with Crippen molar-refractivity contribution >= 4 is 22.5 Å². The van der Waals surface area contributed by atoms with Gasteiger partial charge in [0, 0.05) is 12.1 Å². The molecule has 0 radical (unpaired) electrons. The molecule has 0 atom stereocenters. The van der Waals surface area contributed by atoms with Crippen LogP contribution in [0.5, 0.6) is 5.75 Å². The molecule has 0 unspecified atom stereocenters. The summed E-state index contributed by atoms with van der Waals surface area (Å²) in [7, 11) is 0. The first-order valence-corrected chi connectivity index (χ1v) is 9.15. The number of aromatic nitrogens is 2. The highest BCUT2D eigenvalue weighted by molar-refractivity contribution is 6.01. The second kappa shape index (κ2) is 7.60. The Morgan fingerprint density at radius 3 is 2.75 bits per heavy atom. The van der Waals surface area contributed by atoms with E-state index in [0.717, 1.165) is 16.5 Å². The van der Waals surface area contributed by atoms with E-state index in [-0.39, 0.29) is 24.3 Å². The summed E-state index contributed by atoms with van der Waals surface area (Å²) < 4.78 is 13.2. The van der Waals surface area contributed by atoms with Crippen LogP contribution in [0.2, 0.25) is 0 Å². The van der Waals surface area contributed by atoms with Gasteiger partial charge in [0.2, 0.25) is 0 Å². The Bertz CT molecular complexity index is 1110. The topological polar surface area (TPSA) is 69.3 Å². The average Bonchev–Trinajstić information content (AvgIpc) is 3.35. The molecule has 142 valence electrons. The van der Waals surface area contributed by atoms with E-state index in [9.17, 15) is 4.79 Å². The van der Waals surface area contributed by atoms with Crippen LogP contribution in [0.25, 0.3) is 10.8 Å². The molecule has 0 aliphatic rings. The average molecular weight is 375 g/mol. The van der Waals surface area contributed by atoms with Gasteiger partial charge in [0.25, 0.3) is 5.91 Å². The van der Waals surface area contributed by atoms with E-state index >= 15 is 0 Å². The van der Waals surface area contributed by atoms with Crippen LogP contribution in [0.3, 0.4) is 0 Å². The predicted octanol–water partition coefficient (Wildman–Crippen LogP) is 5.04. The van der Waals surface area contributed by atoms with Crippen LogP contribution in [0.1, 0.15) is 36.2 Å². The minimum absolute atomic E-state index is 0.146. The second-order valence-corrected chi connectivity index (χ2v) is 6.77. The second-order valence-electron chi connectivity index (χ2n) is 6.77. The molecule has 0 saturated heterocycles. The number of carbonyl (C=O) groups is 1. The Hall–Kier alpha value is -3.54. The van der Waals surface area contributed by atoms with Gasteiger partial charge >= 0.3 is 0 Å². The fraction of sp³-hybridized carbons (Fsp3) is 0.182. The summed E-state index contributed by atoms with van der Waals surface area (Å²) in [6.07, 6.45) is 1.65. The third-order valence-electron chi connectivity index (χ3n) is 4.39. The van der Waals surface area contributed by atoms with Gasteiger partial charge in [-0.05, 0) is 48.9 Å². The summed E-state index contributed by atoms with van der Waals surface area (Å²) in [4.78, 5) is 12.4. The van der Waals surface area contributed by atoms with Crippen molar-refractivity contribution in [2.75, 3.05) is 5.32 Å². The highest BCUT2D eigenvalue weighted by Crippen LogP contribution is 2.22. The lowest BCUT2D eigenvalue weighted by molar-refractivity contribution is 0.0991. The zero-order chi connectivity index (χ0) is 19.5. The van der Waals surface area contributed by atoms with E-state index < -0.39 is 0 Å². The Balaban J connectivity index is 1.40. The van der Waals surface area contributed by atoms with Gasteiger partial charge in [0.1, 0.15) is 23.9 Å². The first kappa shape index (κ1) is 17.9. The van der Waals surface area contributed by atoms with Crippen molar-refractivity contribution in [3.05, 3.63) is 78.4 Å². The molecule has 0 saturated carbocycles. The fourth-order valence-corrected chi connectivity index (χ4v) is 2.99. The van der Waals surface area contributed by atoms with Gasteiger partial charge in [-0.3, -0.25) is 4.79 Å². The summed E-state index contributed by atoms with van der Waals surface area (Å²) in [5, 5.41) is 9.30. The van der Waals surface area contributed by atoms with Crippen LogP contribution in [-0.2, 0) is 6.61 Å². The number of anilines is 1. The van der Waals surface area contributed by atoms with E-state index in [1.165, 1.54) is 0 Å². The minimum atomic E-state index is -0.320. The number of carbonyl (C=O) groups excluding carboxylic acids is 1. The molecule has 28 heavy (non-hydrogen) atoms. The minimum Gasteiger partial charge on any atom is -0.486 e. The lowest BCUT2D eigenvalue weighted by atomic mass is 10.1. The largest absolute Gasteiger partial charge is 0.486 e. The van der Waals surface area contributed by atoms with Crippen molar-refractivity contribution in [2.45, 2.75) is 26.5 Å². The van der Waals surface area contributed by atoms with E-state index in [0.29, 0.717) is 11.6 Å². The third kappa shape index (κ3) is 3.76. The zero-order valence-corrected chi connectivity index (χ0v) is 15.8. The smallest absolute Gasteiger partial charge is 0.292 e. The van der Waals surface area contributed by atoms with Gasteiger partial charge in [-0.2, -0.15) is 5.10 Å². The third-order valence-corrected chi connectivity index (χ3v) is 4.39. The number of fused-ring (bicyclic) bond motifs is 1.